The van der Waals surface area contributed by atoms with Gasteiger partial charge in [-0.3, -0.25) is 9.69 Å². The van der Waals surface area contributed by atoms with Crippen LogP contribution in [0.2, 0.25) is 5.15 Å². The Hall–Kier alpha value is -2.15. The highest BCUT2D eigenvalue weighted by molar-refractivity contribution is 6.29. The number of hydrogen-bond acceptors (Lipinski definition) is 5. The van der Waals surface area contributed by atoms with Crippen molar-refractivity contribution in [2.24, 2.45) is 0 Å². The van der Waals surface area contributed by atoms with Crippen LogP contribution < -0.4 is 4.90 Å². The highest BCUT2D eigenvalue weighted by atomic mass is 35.5. The Labute approximate surface area is 139 Å². The summed E-state index contributed by atoms with van der Waals surface area (Å²) in [5, 5.41) is 4.29. The van der Waals surface area contributed by atoms with E-state index >= 15 is 0 Å². The maximum atomic E-state index is 12.5. The number of carbonyl (C=O) groups excluding carboxylic acids is 2. The van der Waals surface area contributed by atoms with Crippen molar-refractivity contribution in [2.75, 3.05) is 11.4 Å². The minimum Gasteiger partial charge on any atom is -0.443 e. The molecule has 0 saturated carbocycles. The van der Waals surface area contributed by atoms with Crippen LogP contribution in [0.15, 0.2) is 12.3 Å². The van der Waals surface area contributed by atoms with E-state index in [1.165, 1.54) is 21.7 Å². The minimum atomic E-state index is -0.628. The number of aromatic nitrogens is 3. The molecule has 0 radical (unpaired) electrons. The second-order valence-corrected chi connectivity index (χ2v) is 6.41. The molecule has 2 heterocycles. The van der Waals surface area contributed by atoms with E-state index in [9.17, 15) is 9.59 Å². The van der Waals surface area contributed by atoms with Crippen LogP contribution in [0.4, 0.5) is 10.6 Å². The number of anilines is 1. The highest BCUT2D eigenvalue weighted by Gasteiger charge is 2.26. The van der Waals surface area contributed by atoms with Crippen molar-refractivity contribution >= 4 is 35.4 Å². The van der Waals surface area contributed by atoms with Crippen molar-refractivity contribution < 1.29 is 14.3 Å². The second-order valence-electron chi connectivity index (χ2n) is 6.02. The maximum Gasteiger partial charge on any atom is 0.416 e. The molecule has 0 aliphatic heterocycles. The van der Waals surface area contributed by atoms with Crippen LogP contribution in [0, 0.1) is 0 Å². The summed E-state index contributed by atoms with van der Waals surface area (Å²) in [6, 6.07) is 1.52. The van der Waals surface area contributed by atoms with Crippen LogP contribution in [0.3, 0.4) is 0 Å². The molecule has 0 atom stereocenters. The lowest BCUT2D eigenvalue weighted by Crippen LogP contribution is -2.38. The fourth-order valence-electron chi connectivity index (χ4n) is 2.05. The number of rotatable bonds is 4. The Morgan fingerprint density at radius 3 is 2.74 bits per heavy atom. The van der Waals surface area contributed by atoms with Gasteiger partial charge < -0.3 is 4.74 Å². The summed E-state index contributed by atoms with van der Waals surface area (Å²) in [4.78, 5) is 29.1. The zero-order valence-electron chi connectivity index (χ0n) is 13.5. The minimum absolute atomic E-state index is 0.167. The summed E-state index contributed by atoms with van der Waals surface area (Å²) < 4.78 is 6.85. The van der Waals surface area contributed by atoms with Gasteiger partial charge in [-0.05, 0) is 27.2 Å². The third kappa shape index (κ3) is 3.79. The van der Waals surface area contributed by atoms with Gasteiger partial charge in [0, 0.05) is 12.6 Å². The quantitative estimate of drug-likeness (QED) is 0.631. The fraction of sp³-hybridized carbons (Fsp3) is 0.467. The summed E-state index contributed by atoms with van der Waals surface area (Å²) in [5.74, 6) is 0.407. The van der Waals surface area contributed by atoms with Gasteiger partial charge in [-0.25, -0.2) is 9.78 Å². The fourth-order valence-corrected chi connectivity index (χ4v) is 2.23. The van der Waals surface area contributed by atoms with E-state index in [1.54, 1.807) is 20.8 Å². The van der Waals surface area contributed by atoms with Gasteiger partial charge in [0.25, 0.3) is 0 Å². The molecule has 7 nitrogen and oxygen atoms in total. The van der Waals surface area contributed by atoms with Gasteiger partial charge in [-0.1, -0.05) is 18.5 Å². The molecule has 0 spiro atoms. The number of halogens is 1. The average Bonchev–Trinajstić information content (AvgIpc) is 2.84. The first-order chi connectivity index (χ1) is 10.8. The summed E-state index contributed by atoms with van der Waals surface area (Å²) in [6.07, 6.45) is 2.23. The molecule has 124 valence electrons. The largest absolute Gasteiger partial charge is 0.443 e. The van der Waals surface area contributed by atoms with E-state index < -0.39 is 11.7 Å². The molecule has 1 amide bonds. The van der Waals surface area contributed by atoms with E-state index in [0.29, 0.717) is 36.3 Å². The van der Waals surface area contributed by atoms with Gasteiger partial charge in [-0.15, -0.1) is 0 Å². The van der Waals surface area contributed by atoms with Crippen molar-refractivity contribution in [3.8, 4) is 0 Å². The zero-order chi connectivity index (χ0) is 17.2. The topological polar surface area (TPSA) is 76.8 Å². The van der Waals surface area contributed by atoms with Crippen molar-refractivity contribution in [3.63, 3.8) is 0 Å². The van der Waals surface area contributed by atoms with Crippen LogP contribution >= 0.6 is 11.6 Å². The third-order valence-electron chi connectivity index (χ3n) is 2.91. The number of ether oxygens (including phenoxy) is 1. The normalized spacial score (nSPS) is 11.5. The van der Waals surface area contributed by atoms with Crippen molar-refractivity contribution in [3.05, 3.63) is 23.0 Å². The van der Waals surface area contributed by atoms with Gasteiger partial charge in [0.2, 0.25) is 0 Å². The molecule has 2 aromatic heterocycles. The Morgan fingerprint density at radius 1 is 1.48 bits per heavy atom. The summed E-state index contributed by atoms with van der Waals surface area (Å²) in [5.41, 5.74) is -0.0292. The highest BCUT2D eigenvalue weighted by Crippen LogP contribution is 2.23. The monoisotopic (exact) mass is 338 g/mol. The van der Waals surface area contributed by atoms with Crippen molar-refractivity contribution in [1.82, 2.24) is 14.6 Å². The Morgan fingerprint density at radius 2 is 2.17 bits per heavy atom. The molecule has 2 rings (SSSR count). The molecule has 0 saturated heterocycles. The molecular formula is C15H19ClN4O3. The predicted octanol–water partition coefficient (Wildman–Crippen LogP) is 3.35. The first-order valence-electron chi connectivity index (χ1n) is 7.26. The lowest BCUT2D eigenvalue weighted by atomic mass is 10.2. The van der Waals surface area contributed by atoms with Crippen molar-refractivity contribution in [2.45, 2.75) is 39.7 Å². The molecule has 23 heavy (non-hydrogen) atoms. The molecule has 0 fully saturated rings. The van der Waals surface area contributed by atoms with Gasteiger partial charge in [0.1, 0.15) is 16.6 Å². The van der Waals surface area contributed by atoms with Crippen LogP contribution in [-0.2, 0) is 4.74 Å². The SMILES string of the molecule is CCCN(C(=O)OC(C)(C)C)c1cc(Cl)nc2c(C=O)cnn12. The number of aldehydes is 1. The first-order valence-corrected chi connectivity index (χ1v) is 7.64. The lowest BCUT2D eigenvalue weighted by molar-refractivity contribution is 0.0578. The molecule has 0 bridgehead atoms. The standard InChI is InChI=1S/C15H19ClN4O3/c1-5-6-19(14(22)23-15(2,3)4)12-7-11(16)18-13-10(9-21)8-17-20(12)13/h7-9H,5-6H2,1-4H3. The molecule has 0 N–H and O–H groups in total. The molecule has 0 aliphatic rings. The molecule has 8 heteroatoms. The van der Waals surface area contributed by atoms with Gasteiger partial charge in [0.15, 0.2) is 11.9 Å². The van der Waals surface area contributed by atoms with Crippen LogP contribution in [0.25, 0.3) is 5.65 Å². The molecule has 0 aliphatic carbocycles. The summed E-state index contributed by atoms with van der Waals surface area (Å²) in [7, 11) is 0. The van der Waals surface area contributed by atoms with Crippen LogP contribution in [-0.4, -0.2) is 39.1 Å². The van der Waals surface area contributed by atoms with Gasteiger partial charge in [-0.2, -0.15) is 9.61 Å². The van der Waals surface area contributed by atoms with Crippen LogP contribution in [0.5, 0.6) is 0 Å². The van der Waals surface area contributed by atoms with E-state index in [4.69, 9.17) is 16.3 Å². The van der Waals surface area contributed by atoms with E-state index in [1.807, 2.05) is 6.92 Å². The molecular weight excluding hydrogens is 320 g/mol. The van der Waals surface area contributed by atoms with Gasteiger partial charge in [0.05, 0.1) is 11.8 Å². The lowest BCUT2D eigenvalue weighted by Gasteiger charge is -2.27. The smallest absolute Gasteiger partial charge is 0.416 e. The van der Waals surface area contributed by atoms with Gasteiger partial charge >= 0.3 is 6.09 Å². The molecule has 2 aromatic rings. The molecule has 0 aromatic carbocycles. The number of carbonyl (C=O) groups is 2. The second kappa shape index (κ2) is 6.54. The zero-order valence-corrected chi connectivity index (χ0v) is 14.3. The van der Waals surface area contributed by atoms with Crippen LogP contribution in [0.1, 0.15) is 44.5 Å². The Bertz CT molecular complexity index is 736. The summed E-state index contributed by atoms with van der Waals surface area (Å²) >= 11 is 6.04. The number of hydrogen-bond donors (Lipinski definition) is 0. The van der Waals surface area contributed by atoms with E-state index in [-0.39, 0.29) is 5.15 Å². The Balaban J connectivity index is 2.55. The third-order valence-corrected chi connectivity index (χ3v) is 3.11. The number of nitrogens with zero attached hydrogens (tertiary/aromatic N) is 4. The van der Waals surface area contributed by atoms with Crippen molar-refractivity contribution in [1.29, 1.82) is 0 Å². The first kappa shape index (κ1) is 17.2. The molecule has 0 unspecified atom stereocenters. The summed E-state index contributed by atoms with van der Waals surface area (Å²) in [6.45, 7) is 7.74. The maximum absolute atomic E-state index is 12.5. The predicted molar refractivity (Wildman–Crippen MR) is 87.3 cm³/mol. The Kier molecular flexibility index (Phi) is 4.89. The van der Waals surface area contributed by atoms with E-state index in [0.717, 1.165) is 0 Å². The number of amides is 1. The number of fused-ring (bicyclic) bond motifs is 1. The van der Waals surface area contributed by atoms with E-state index in [2.05, 4.69) is 10.1 Å². The average molecular weight is 339 g/mol.